The van der Waals surface area contributed by atoms with Crippen LogP contribution in [0.4, 0.5) is 26.3 Å². The van der Waals surface area contributed by atoms with Gasteiger partial charge in [-0.15, -0.1) is 0 Å². The quantitative estimate of drug-likeness (QED) is 0.493. The van der Waals surface area contributed by atoms with Crippen molar-refractivity contribution in [2.75, 3.05) is 0 Å². The zero-order valence-corrected chi connectivity index (χ0v) is 18.1. The lowest BCUT2D eigenvalue weighted by Gasteiger charge is -2.57. The van der Waals surface area contributed by atoms with Crippen LogP contribution in [-0.4, -0.2) is 34.3 Å². The maximum absolute atomic E-state index is 13.4. The molecule has 4 saturated carbocycles. The van der Waals surface area contributed by atoms with Crippen molar-refractivity contribution in [2.45, 2.75) is 95.7 Å². The number of hydrogen-bond donors (Lipinski definition) is 2. The number of rotatable bonds is 2. The summed E-state index contributed by atoms with van der Waals surface area (Å²) in [4.78, 5) is 0. The Balaban J connectivity index is 1.50. The lowest BCUT2D eigenvalue weighted by molar-refractivity contribution is -0.282. The fourth-order valence-electron chi connectivity index (χ4n) is 8.56. The van der Waals surface area contributed by atoms with Gasteiger partial charge in [-0.25, -0.2) is 0 Å². The van der Waals surface area contributed by atoms with E-state index in [0.717, 1.165) is 25.7 Å². The summed E-state index contributed by atoms with van der Waals surface area (Å²) in [6.45, 7) is 3.60. The molecule has 2 nitrogen and oxygen atoms in total. The van der Waals surface area contributed by atoms with E-state index in [0.29, 0.717) is 31.1 Å². The van der Waals surface area contributed by atoms with Crippen molar-refractivity contribution in [3.8, 4) is 0 Å². The summed E-state index contributed by atoms with van der Waals surface area (Å²) in [5.74, 6) is -0.122. The van der Waals surface area contributed by atoms with Crippen LogP contribution in [0.5, 0.6) is 0 Å². The van der Waals surface area contributed by atoms with Crippen LogP contribution >= 0.6 is 0 Å². The monoisotopic (exact) mass is 456 g/mol. The second kappa shape index (κ2) is 7.51. The highest BCUT2D eigenvalue weighted by atomic mass is 19.4. The average molecular weight is 457 g/mol. The van der Waals surface area contributed by atoms with E-state index < -0.39 is 30.0 Å². The first kappa shape index (κ1) is 23.7. The highest BCUT2D eigenvalue weighted by Gasteiger charge is 2.62. The Morgan fingerprint density at radius 2 is 1.48 bits per heavy atom. The van der Waals surface area contributed by atoms with Crippen LogP contribution in [0.2, 0.25) is 0 Å². The van der Waals surface area contributed by atoms with E-state index in [1.54, 1.807) is 0 Å². The van der Waals surface area contributed by atoms with E-state index >= 15 is 0 Å². The number of alkyl halides is 6. The molecule has 4 aliphatic rings. The van der Waals surface area contributed by atoms with E-state index in [1.165, 1.54) is 6.92 Å². The predicted octanol–water partition coefficient (Wildman–Crippen LogP) is 6.11. The molecular formula is C23H34F6O2. The normalized spacial score (nSPS) is 47.8. The molecule has 0 amide bonds. The minimum Gasteiger partial charge on any atom is -0.383 e. The first-order valence-electron chi connectivity index (χ1n) is 11.7. The molecule has 0 aromatic rings. The molecule has 180 valence electrons. The van der Waals surface area contributed by atoms with Crippen LogP contribution in [-0.2, 0) is 0 Å². The fourth-order valence-corrected chi connectivity index (χ4v) is 8.56. The Labute approximate surface area is 179 Å². The molecule has 10 atom stereocenters. The van der Waals surface area contributed by atoms with Gasteiger partial charge < -0.3 is 10.2 Å². The SMILES string of the molecule is C[C@@H]([C@H]1CC[C@H]2[C@@H]3CC[C@@H]4C[C@@](O)(C(F)(F)F)CC[C@@H]4[C@H]3CC[C@]12C)[C@H](O)C(F)(F)F. The van der Waals surface area contributed by atoms with Gasteiger partial charge in [0.1, 0.15) is 0 Å². The van der Waals surface area contributed by atoms with Gasteiger partial charge in [0.05, 0.1) is 0 Å². The van der Waals surface area contributed by atoms with Crippen LogP contribution < -0.4 is 0 Å². The Kier molecular flexibility index (Phi) is 5.73. The molecule has 4 fully saturated rings. The average Bonchev–Trinajstić information content (AvgIpc) is 3.02. The first-order valence-corrected chi connectivity index (χ1v) is 11.7. The lowest BCUT2D eigenvalue weighted by atomic mass is 9.48. The lowest BCUT2D eigenvalue weighted by Crippen LogP contribution is -2.55. The minimum absolute atomic E-state index is 0.130. The Hall–Kier alpha value is -0.500. The summed E-state index contributed by atoms with van der Waals surface area (Å²) >= 11 is 0. The Morgan fingerprint density at radius 3 is 2.10 bits per heavy atom. The van der Waals surface area contributed by atoms with Crippen molar-refractivity contribution >= 4 is 0 Å². The highest BCUT2D eigenvalue weighted by molar-refractivity contribution is 5.09. The molecule has 0 bridgehead atoms. The number of aliphatic hydroxyl groups excluding tert-OH is 1. The largest absolute Gasteiger partial charge is 0.417 e. The van der Waals surface area contributed by atoms with Crippen molar-refractivity contribution in [1.29, 1.82) is 0 Å². The van der Waals surface area contributed by atoms with Gasteiger partial charge in [-0.2, -0.15) is 26.3 Å². The number of halogens is 6. The van der Waals surface area contributed by atoms with E-state index in [4.69, 9.17) is 0 Å². The molecule has 0 radical (unpaired) electrons. The predicted molar refractivity (Wildman–Crippen MR) is 103 cm³/mol. The molecule has 0 heterocycles. The molecule has 4 aliphatic carbocycles. The van der Waals surface area contributed by atoms with Crippen LogP contribution in [0.15, 0.2) is 0 Å². The van der Waals surface area contributed by atoms with Crippen molar-refractivity contribution in [2.24, 2.45) is 46.8 Å². The standard InChI is InChI=1S/C23H34F6O2/c1-12(19(30)22(24,25)26)17-5-6-18-16-4-3-13-11-21(31,23(27,28)29)10-8-14(13)15(16)7-9-20(17,18)2/h12-19,30-31H,3-11H2,1-2H3/t12-,13+,14-,15+,16+,17+,18-,19-,20+,21+/m0/s1. The smallest absolute Gasteiger partial charge is 0.383 e. The molecule has 0 aliphatic heterocycles. The Bertz CT molecular complexity index is 678. The molecule has 2 N–H and O–H groups in total. The van der Waals surface area contributed by atoms with Gasteiger partial charge in [0, 0.05) is 0 Å². The first-order chi connectivity index (χ1) is 14.2. The number of aliphatic hydroxyl groups is 2. The topological polar surface area (TPSA) is 40.5 Å². The van der Waals surface area contributed by atoms with Crippen molar-refractivity contribution in [3.05, 3.63) is 0 Å². The van der Waals surface area contributed by atoms with Gasteiger partial charge in [-0.1, -0.05) is 13.8 Å². The molecule has 8 heteroatoms. The third-order valence-electron chi connectivity index (χ3n) is 10.1. The van der Waals surface area contributed by atoms with Gasteiger partial charge in [0.25, 0.3) is 0 Å². The van der Waals surface area contributed by atoms with E-state index in [1.807, 2.05) is 0 Å². The summed E-state index contributed by atoms with van der Waals surface area (Å²) in [6.07, 6.45) is -7.09. The molecule has 4 rings (SSSR count). The molecule has 0 spiro atoms. The van der Waals surface area contributed by atoms with Crippen molar-refractivity contribution in [1.82, 2.24) is 0 Å². The van der Waals surface area contributed by atoms with Gasteiger partial charge in [-0.3, -0.25) is 0 Å². The summed E-state index contributed by atoms with van der Waals surface area (Å²) < 4.78 is 79.5. The van der Waals surface area contributed by atoms with E-state index in [-0.39, 0.29) is 41.9 Å². The molecule has 31 heavy (non-hydrogen) atoms. The second-order valence-corrected chi connectivity index (χ2v) is 11.3. The summed E-state index contributed by atoms with van der Waals surface area (Å²) in [5, 5.41) is 20.1. The number of fused-ring (bicyclic) bond motifs is 5. The zero-order valence-electron chi connectivity index (χ0n) is 18.1. The second-order valence-electron chi connectivity index (χ2n) is 11.3. The minimum atomic E-state index is -4.62. The molecule has 0 aromatic carbocycles. The van der Waals surface area contributed by atoms with Crippen LogP contribution in [0.1, 0.15) is 71.6 Å². The highest BCUT2D eigenvalue weighted by Crippen LogP contribution is 2.66. The maximum atomic E-state index is 13.4. The molecule has 0 saturated heterocycles. The third-order valence-corrected chi connectivity index (χ3v) is 10.1. The van der Waals surface area contributed by atoms with Gasteiger partial charge >= 0.3 is 12.4 Å². The van der Waals surface area contributed by atoms with Gasteiger partial charge in [0.2, 0.25) is 0 Å². The zero-order chi connectivity index (χ0) is 23.0. The van der Waals surface area contributed by atoms with Crippen molar-refractivity contribution in [3.63, 3.8) is 0 Å². The van der Waals surface area contributed by atoms with Crippen LogP contribution in [0.3, 0.4) is 0 Å². The fraction of sp³-hybridized carbons (Fsp3) is 1.00. The van der Waals surface area contributed by atoms with Crippen LogP contribution in [0.25, 0.3) is 0 Å². The molecule has 0 aromatic heterocycles. The van der Waals surface area contributed by atoms with Gasteiger partial charge in [-0.05, 0) is 105 Å². The number of hydrogen-bond acceptors (Lipinski definition) is 2. The summed E-state index contributed by atoms with van der Waals surface area (Å²) in [7, 11) is 0. The summed E-state index contributed by atoms with van der Waals surface area (Å²) in [5.41, 5.74) is -2.84. The summed E-state index contributed by atoms with van der Waals surface area (Å²) in [6, 6.07) is 0. The molecule has 0 unspecified atom stereocenters. The Morgan fingerprint density at radius 1 is 0.839 bits per heavy atom. The van der Waals surface area contributed by atoms with Crippen LogP contribution in [0, 0.1) is 46.8 Å². The van der Waals surface area contributed by atoms with E-state index in [2.05, 4.69) is 6.92 Å². The van der Waals surface area contributed by atoms with E-state index in [9.17, 15) is 36.6 Å². The third kappa shape index (κ3) is 3.71. The maximum Gasteiger partial charge on any atom is 0.417 e. The van der Waals surface area contributed by atoms with Gasteiger partial charge in [0.15, 0.2) is 11.7 Å². The van der Waals surface area contributed by atoms with Crippen molar-refractivity contribution < 1.29 is 36.6 Å². The molecular weight excluding hydrogens is 422 g/mol.